The van der Waals surface area contributed by atoms with Crippen LogP contribution in [0.4, 0.5) is 10.1 Å². The van der Waals surface area contributed by atoms with Gasteiger partial charge in [0.05, 0.1) is 0 Å². The minimum atomic E-state index is -0.349. The summed E-state index contributed by atoms with van der Waals surface area (Å²) in [5.41, 5.74) is 3.36. The van der Waals surface area contributed by atoms with Gasteiger partial charge >= 0.3 is 0 Å². The van der Waals surface area contributed by atoms with E-state index < -0.39 is 0 Å². The van der Waals surface area contributed by atoms with E-state index >= 15 is 0 Å². The zero-order valence-electron chi connectivity index (χ0n) is 10.3. The molecule has 0 saturated heterocycles. The maximum Gasteiger partial charge on any atom is 0.255 e. The highest BCUT2D eigenvalue weighted by Crippen LogP contribution is 2.17. The lowest BCUT2D eigenvalue weighted by Gasteiger charge is -2.09. The van der Waals surface area contributed by atoms with Crippen molar-refractivity contribution in [2.45, 2.75) is 13.8 Å². The number of hydrogen-bond acceptors (Lipinski definition) is 1. The Balaban J connectivity index is 2.18. The van der Waals surface area contributed by atoms with E-state index in [0.717, 1.165) is 16.8 Å². The smallest absolute Gasteiger partial charge is 0.255 e. The standard InChI is InChI=1S/C15H14FNO/c1-10-3-8-14(11(2)9-10)17-15(18)12-4-6-13(16)7-5-12/h3-9H,1-2H3,(H,17,18). The molecule has 0 aliphatic rings. The van der Waals surface area contributed by atoms with Crippen LogP contribution in [0.5, 0.6) is 0 Å². The number of anilines is 1. The summed E-state index contributed by atoms with van der Waals surface area (Å²) in [5.74, 6) is -0.583. The van der Waals surface area contributed by atoms with Crippen molar-refractivity contribution in [1.29, 1.82) is 0 Å². The Kier molecular flexibility index (Phi) is 3.42. The van der Waals surface area contributed by atoms with Gasteiger partial charge in [0.15, 0.2) is 0 Å². The van der Waals surface area contributed by atoms with E-state index in [9.17, 15) is 9.18 Å². The van der Waals surface area contributed by atoms with Crippen LogP contribution in [-0.4, -0.2) is 5.91 Å². The number of amides is 1. The Morgan fingerprint density at radius 2 is 1.72 bits per heavy atom. The molecule has 3 heteroatoms. The minimum absolute atomic E-state index is 0.234. The molecule has 0 saturated carbocycles. The maximum atomic E-state index is 12.8. The van der Waals surface area contributed by atoms with Crippen molar-refractivity contribution in [3.05, 3.63) is 65.0 Å². The zero-order valence-corrected chi connectivity index (χ0v) is 10.3. The molecule has 0 bridgehead atoms. The number of carbonyl (C=O) groups is 1. The molecule has 0 atom stereocenters. The topological polar surface area (TPSA) is 29.1 Å². The SMILES string of the molecule is Cc1ccc(NC(=O)c2ccc(F)cc2)c(C)c1. The number of nitrogens with one attached hydrogen (secondary N) is 1. The largest absolute Gasteiger partial charge is 0.322 e. The molecule has 18 heavy (non-hydrogen) atoms. The third-order valence-corrected chi connectivity index (χ3v) is 2.74. The lowest BCUT2D eigenvalue weighted by atomic mass is 10.1. The number of benzene rings is 2. The molecule has 0 heterocycles. The van der Waals surface area contributed by atoms with Crippen LogP contribution in [-0.2, 0) is 0 Å². The molecule has 0 spiro atoms. The number of hydrogen-bond donors (Lipinski definition) is 1. The Labute approximate surface area is 105 Å². The first-order valence-electron chi connectivity index (χ1n) is 5.70. The lowest BCUT2D eigenvalue weighted by Crippen LogP contribution is -2.12. The predicted molar refractivity (Wildman–Crippen MR) is 70.3 cm³/mol. The molecule has 92 valence electrons. The molecule has 0 aliphatic heterocycles. The highest BCUT2D eigenvalue weighted by molar-refractivity contribution is 6.04. The summed E-state index contributed by atoms with van der Waals surface area (Å²) in [6, 6.07) is 11.3. The summed E-state index contributed by atoms with van der Waals surface area (Å²) in [6.45, 7) is 3.94. The van der Waals surface area contributed by atoms with Gasteiger partial charge < -0.3 is 5.32 Å². The van der Waals surface area contributed by atoms with Crippen molar-refractivity contribution >= 4 is 11.6 Å². The molecule has 2 nitrogen and oxygen atoms in total. The van der Waals surface area contributed by atoms with Crippen LogP contribution in [0.25, 0.3) is 0 Å². The monoisotopic (exact) mass is 243 g/mol. The van der Waals surface area contributed by atoms with Crippen LogP contribution in [0.3, 0.4) is 0 Å². The van der Waals surface area contributed by atoms with Crippen LogP contribution in [0.1, 0.15) is 21.5 Å². The Bertz CT molecular complexity index is 576. The third kappa shape index (κ3) is 2.74. The fourth-order valence-corrected chi connectivity index (χ4v) is 1.75. The molecule has 0 unspecified atom stereocenters. The molecule has 0 aliphatic carbocycles. The summed E-state index contributed by atoms with van der Waals surface area (Å²) in [6.07, 6.45) is 0. The summed E-state index contributed by atoms with van der Waals surface area (Å²) < 4.78 is 12.8. The van der Waals surface area contributed by atoms with E-state index in [1.807, 2.05) is 32.0 Å². The minimum Gasteiger partial charge on any atom is -0.322 e. The number of rotatable bonds is 2. The van der Waals surface area contributed by atoms with Crippen LogP contribution in [0.2, 0.25) is 0 Å². The van der Waals surface area contributed by atoms with E-state index in [-0.39, 0.29) is 11.7 Å². The number of halogens is 1. The molecule has 1 N–H and O–H groups in total. The normalized spacial score (nSPS) is 10.2. The van der Waals surface area contributed by atoms with Crippen LogP contribution < -0.4 is 5.32 Å². The fourth-order valence-electron chi connectivity index (χ4n) is 1.75. The van der Waals surface area contributed by atoms with Crippen LogP contribution >= 0.6 is 0 Å². The summed E-state index contributed by atoms with van der Waals surface area (Å²) >= 11 is 0. The first kappa shape index (κ1) is 12.3. The van der Waals surface area contributed by atoms with Gasteiger partial charge in [-0.15, -0.1) is 0 Å². The highest BCUT2D eigenvalue weighted by Gasteiger charge is 2.07. The van der Waals surface area contributed by atoms with Crippen molar-refractivity contribution in [1.82, 2.24) is 0 Å². The molecule has 0 radical (unpaired) electrons. The highest BCUT2D eigenvalue weighted by atomic mass is 19.1. The molecule has 2 rings (SSSR count). The Hall–Kier alpha value is -2.16. The third-order valence-electron chi connectivity index (χ3n) is 2.74. The van der Waals surface area contributed by atoms with Crippen molar-refractivity contribution in [3.63, 3.8) is 0 Å². The molecule has 0 aromatic heterocycles. The van der Waals surface area contributed by atoms with Gasteiger partial charge in [-0.25, -0.2) is 4.39 Å². The average Bonchev–Trinajstić information content (AvgIpc) is 2.33. The first-order valence-corrected chi connectivity index (χ1v) is 5.70. The van der Waals surface area contributed by atoms with Gasteiger partial charge in [0.2, 0.25) is 0 Å². The second kappa shape index (κ2) is 5.00. The quantitative estimate of drug-likeness (QED) is 0.856. The molecule has 2 aromatic rings. The van der Waals surface area contributed by atoms with Crippen molar-refractivity contribution in [2.75, 3.05) is 5.32 Å². The van der Waals surface area contributed by atoms with Gasteiger partial charge in [-0.3, -0.25) is 4.79 Å². The summed E-state index contributed by atoms with van der Waals surface area (Å²) in [7, 11) is 0. The van der Waals surface area contributed by atoms with Crippen molar-refractivity contribution in [2.24, 2.45) is 0 Å². The van der Waals surface area contributed by atoms with Crippen molar-refractivity contribution < 1.29 is 9.18 Å². The van der Waals surface area contributed by atoms with Crippen molar-refractivity contribution in [3.8, 4) is 0 Å². The van der Waals surface area contributed by atoms with Gasteiger partial charge in [-0.1, -0.05) is 17.7 Å². The first-order chi connectivity index (χ1) is 8.56. The Morgan fingerprint density at radius 1 is 1.06 bits per heavy atom. The van der Waals surface area contributed by atoms with Crippen LogP contribution in [0.15, 0.2) is 42.5 Å². The lowest BCUT2D eigenvalue weighted by molar-refractivity contribution is 0.102. The van der Waals surface area contributed by atoms with E-state index in [1.165, 1.54) is 24.3 Å². The van der Waals surface area contributed by atoms with Crippen LogP contribution in [0, 0.1) is 19.7 Å². The van der Waals surface area contributed by atoms with Gasteiger partial charge in [0.1, 0.15) is 5.82 Å². The average molecular weight is 243 g/mol. The molecular weight excluding hydrogens is 229 g/mol. The molecule has 0 fully saturated rings. The second-order valence-corrected chi connectivity index (χ2v) is 4.28. The summed E-state index contributed by atoms with van der Waals surface area (Å²) in [5, 5.41) is 2.81. The van der Waals surface area contributed by atoms with E-state index in [2.05, 4.69) is 5.32 Å². The number of aryl methyl sites for hydroxylation is 2. The summed E-state index contributed by atoms with van der Waals surface area (Å²) in [4.78, 5) is 11.9. The zero-order chi connectivity index (χ0) is 13.1. The predicted octanol–water partition coefficient (Wildman–Crippen LogP) is 3.69. The Morgan fingerprint density at radius 3 is 2.33 bits per heavy atom. The molecule has 1 amide bonds. The second-order valence-electron chi connectivity index (χ2n) is 4.28. The van der Waals surface area contributed by atoms with Gasteiger partial charge in [-0.05, 0) is 49.7 Å². The van der Waals surface area contributed by atoms with Gasteiger partial charge in [-0.2, -0.15) is 0 Å². The van der Waals surface area contributed by atoms with Gasteiger partial charge in [0.25, 0.3) is 5.91 Å². The fraction of sp³-hybridized carbons (Fsp3) is 0.133. The van der Waals surface area contributed by atoms with E-state index in [0.29, 0.717) is 5.56 Å². The van der Waals surface area contributed by atoms with E-state index in [4.69, 9.17) is 0 Å². The number of carbonyl (C=O) groups excluding carboxylic acids is 1. The van der Waals surface area contributed by atoms with E-state index in [1.54, 1.807) is 0 Å². The molecule has 2 aromatic carbocycles. The van der Waals surface area contributed by atoms with Gasteiger partial charge in [0, 0.05) is 11.3 Å². The maximum absolute atomic E-state index is 12.8. The molecular formula is C15H14FNO.